The van der Waals surface area contributed by atoms with E-state index in [4.69, 9.17) is 10.5 Å². The van der Waals surface area contributed by atoms with Crippen LogP contribution in [0, 0.1) is 17.7 Å². The molecular formula is C15H21FN2O. The third kappa shape index (κ3) is 2.74. The van der Waals surface area contributed by atoms with E-state index in [1.807, 2.05) is 0 Å². The third-order valence-electron chi connectivity index (χ3n) is 4.49. The molecule has 2 fully saturated rings. The van der Waals surface area contributed by atoms with Crippen LogP contribution in [0.2, 0.25) is 0 Å². The van der Waals surface area contributed by atoms with Crippen LogP contribution in [-0.4, -0.2) is 37.2 Å². The zero-order chi connectivity index (χ0) is 13.2. The molecule has 3 nitrogen and oxygen atoms in total. The molecule has 1 heterocycles. The van der Waals surface area contributed by atoms with Gasteiger partial charge in [-0.2, -0.15) is 0 Å². The molecular weight excluding hydrogens is 243 g/mol. The van der Waals surface area contributed by atoms with E-state index in [0.717, 1.165) is 25.6 Å². The first-order chi connectivity index (χ1) is 9.24. The van der Waals surface area contributed by atoms with Crippen molar-refractivity contribution in [2.24, 2.45) is 17.6 Å². The summed E-state index contributed by atoms with van der Waals surface area (Å²) in [4.78, 5) is 2.40. The van der Waals surface area contributed by atoms with Crippen LogP contribution in [0.4, 0.5) is 4.39 Å². The Balaban J connectivity index is 1.46. The van der Waals surface area contributed by atoms with Crippen molar-refractivity contribution in [3.05, 3.63) is 30.1 Å². The predicted octanol–water partition coefficient (Wildman–Crippen LogP) is 1.87. The van der Waals surface area contributed by atoms with Gasteiger partial charge in [-0.05, 0) is 36.8 Å². The number of rotatable bonds is 4. The van der Waals surface area contributed by atoms with Gasteiger partial charge in [-0.3, -0.25) is 4.90 Å². The molecule has 1 aliphatic carbocycles. The van der Waals surface area contributed by atoms with Crippen LogP contribution in [0.15, 0.2) is 24.3 Å². The molecule has 0 aromatic heterocycles. The number of nitrogens with zero attached hydrogens (tertiary/aromatic N) is 1. The molecule has 1 aliphatic heterocycles. The molecule has 3 unspecified atom stereocenters. The molecule has 0 amide bonds. The summed E-state index contributed by atoms with van der Waals surface area (Å²) in [5, 5.41) is 0. The van der Waals surface area contributed by atoms with E-state index in [0.29, 0.717) is 24.3 Å². The first-order valence-corrected chi connectivity index (χ1v) is 7.09. The minimum Gasteiger partial charge on any atom is -0.489 e. The van der Waals surface area contributed by atoms with Crippen LogP contribution in [-0.2, 0) is 0 Å². The number of likely N-dealkylation sites (tertiary alicyclic amines) is 1. The molecule has 1 saturated heterocycles. The minimum atomic E-state index is -0.289. The number of para-hydroxylation sites is 1. The molecule has 3 atom stereocenters. The monoisotopic (exact) mass is 264 g/mol. The van der Waals surface area contributed by atoms with Crippen LogP contribution in [0.25, 0.3) is 0 Å². The van der Waals surface area contributed by atoms with E-state index in [1.165, 1.54) is 18.9 Å². The van der Waals surface area contributed by atoms with Crippen molar-refractivity contribution in [1.29, 1.82) is 0 Å². The Morgan fingerprint density at radius 2 is 2.11 bits per heavy atom. The van der Waals surface area contributed by atoms with Crippen molar-refractivity contribution >= 4 is 0 Å². The fourth-order valence-electron chi connectivity index (χ4n) is 3.43. The van der Waals surface area contributed by atoms with E-state index >= 15 is 0 Å². The maximum Gasteiger partial charge on any atom is 0.165 e. The lowest BCUT2D eigenvalue weighted by atomic mass is 9.98. The topological polar surface area (TPSA) is 38.5 Å². The average Bonchev–Trinajstić information content (AvgIpc) is 2.95. The van der Waals surface area contributed by atoms with E-state index in [9.17, 15) is 4.39 Å². The molecule has 3 rings (SSSR count). The largest absolute Gasteiger partial charge is 0.489 e. The number of hydrogen-bond acceptors (Lipinski definition) is 3. The van der Waals surface area contributed by atoms with Crippen molar-refractivity contribution in [2.75, 3.05) is 26.2 Å². The molecule has 0 spiro atoms. The molecule has 0 radical (unpaired) electrons. The highest BCUT2D eigenvalue weighted by atomic mass is 19.1. The second kappa shape index (κ2) is 5.47. The Morgan fingerprint density at radius 1 is 1.26 bits per heavy atom. The summed E-state index contributed by atoms with van der Waals surface area (Å²) in [7, 11) is 0. The Hall–Kier alpha value is -1.13. The van der Waals surface area contributed by atoms with Crippen molar-refractivity contribution in [3.63, 3.8) is 0 Å². The fourth-order valence-corrected chi connectivity index (χ4v) is 3.43. The SMILES string of the molecule is NC1CCC2CN(CCOc3ccccc3F)CC12. The molecule has 1 saturated carbocycles. The number of nitrogens with two attached hydrogens (primary N) is 1. The van der Waals surface area contributed by atoms with Gasteiger partial charge < -0.3 is 10.5 Å². The third-order valence-corrected chi connectivity index (χ3v) is 4.49. The van der Waals surface area contributed by atoms with Gasteiger partial charge in [0.25, 0.3) is 0 Å². The second-order valence-electron chi connectivity index (χ2n) is 5.70. The van der Waals surface area contributed by atoms with Gasteiger partial charge in [0.1, 0.15) is 6.61 Å². The lowest BCUT2D eigenvalue weighted by Crippen LogP contribution is -2.32. The first-order valence-electron chi connectivity index (χ1n) is 7.09. The van der Waals surface area contributed by atoms with E-state index < -0.39 is 0 Å². The van der Waals surface area contributed by atoms with Crippen LogP contribution in [0.3, 0.4) is 0 Å². The van der Waals surface area contributed by atoms with Gasteiger partial charge in [-0.1, -0.05) is 12.1 Å². The van der Waals surface area contributed by atoms with Gasteiger partial charge in [0.2, 0.25) is 0 Å². The van der Waals surface area contributed by atoms with E-state index in [1.54, 1.807) is 18.2 Å². The molecule has 2 N–H and O–H groups in total. The second-order valence-corrected chi connectivity index (χ2v) is 5.70. The lowest BCUT2D eigenvalue weighted by Gasteiger charge is -2.18. The summed E-state index contributed by atoms with van der Waals surface area (Å²) < 4.78 is 18.9. The van der Waals surface area contributed by atoms with Gasteiger partial charge in [0.15, 0.2) is 11.6 Å². The van der Waals surface area contributed by atoms with E-state index in [2.05, 4.69) is 4.90 Å². The van der Waals surface area contributed by atoms with Gasteiger partial charge in [0.05, 0.1) is 0 Å². The van der Waals surface area contributed by atoms with Crippen LogP contribution in [0.1, 0.15) is 12.8 Å². The summed E-state index contributed by atoms with van der Waals surface area (Å²) >= 11 is 0. The Morgan fingerprint density at radius 3 is 2.89 bits per heavy atom. The van der Waals surface area contributed by atoms with Crippen LogP contribution >= 0.6 is 0 Å². The molecule has 1 aromatic carbocycles. The normalized spacial score (nSPS) is 30.5. The average molecular weight is 264 g/mol. The predicted molar refractivity (Wildman–Crippen MR) is 72.5 cm³/mol. The molecule has 2 aliphatic rings. The summed E-state index contributed by atoms with van der Waals surface area (Å²) in [6.07, 6.45) is 2.44. The van der Waals surface area contributed by atoms with Gasteiger partial charge in [0, 0.05) is 25.7 Å². The van der Waals surface area contributed by atoms with E-state index in [-0.39, 0.29) is 5.82 Å². The van der Waals surface area contributed by atoms with Gasteiger partial charge in [-0.25, -0.2) is 4.39 Å². The number of ether oxygens (including phenoxy) is 1. The van der Waals surface area contributed by atoms with Crippen molar-refractivity contribution in [1.82, 2.24) is 4.90 Å². The number of halogens is 1. The molecule has 19 heavy (non-hydrogen) atoms. The van der Waals surface area contributed by atoms with Crippen molar-refractivity contribution in [3.8, 4) is 5.75 Å². The van der Waals surface area contributed by atoms with Gasteiger partial charge >= 0.3 is 0 Å². The Labute approximate surface area is 113 Å². The highest BCUT2D eigenvalue weighted by Gasteiger charge is 2.40. The highest BCUT2D eigenvalue weighted by Crippen LogP contribution is 2.36. The maximum absolute atomic E-state index is 13.4. The molecule has 4 heteroatoms. The zero-order valence-corrected chi connectivity index (χ0v) is 11.1. The standard InChI is InChI=1S/C15H21FN2O/c16-13-3-1-2-4-15(13)19-8-7-18-9-11-5-6-14(17)12(11)10-18/h1-4,11-12,14H,5-10,17H2. The molecule has 1 aromatic rings. The summed E-state index contributed by atoms with van der Waals surface area (Å²) in [5.41, 5.74) is 6.11. The first kappa shape index (κ1) is 12.9. The number of benzene rings is 1. The fraction of sp³-hybridized carbons (Fsp3) is 0.600. The van der Waals surface area contributed by atoms with Crippen molar-refractivity contribution < 1.29 is 9.13 Å². The Kier molecular flexibility index (Phi) is 3.71. The number of hydrogen-bond donors (Lipinski definition) is 1. The summed E-state index contributed by atoms with van der Waals surface area (Å²) in [6.45, 7) is 3.59. The van der Waals surface area contributed by atoms with Crippen molar-refractivity contribution in [2.45, 2.75) is 18.9 Å². The lowest BCUT2D eigenvalue weighted by molar-refractivity contribution is 0.220. The molecule has 104 valence electrons. The smallest absolute Gasteiger partial charge is 0.165 e. The van der Waals surface area contributed by atoms with Crippen LogP contribution in [0.5, 0.6) is 5.75 Å². The maximum atomic E-state index is 13.4. The zero-order valence-electron chi connectivity index (χ0n) is 11.1. The minimum absolute atomic E-state index is 0.289. The highest BCUT2D eigenvalue weighted by molar-refractivity contribution is 5.23. The Bertz CT molecular complexity index is 440. The summed E-state index contributed by atoms with van der Waals surface area (Å²) in [6, 6.07) is 6.93. The summed E-state index contributed by atoms with van der Waals surface area (Å²) in [5.74, 6) is 1.48. The molecule has 0 bridgehead atoms. The van der Waals surface area contributed by atoms with Gasteiger partial charge in [-0.15, -0.1) is 0 Å². The number of fused-ring (bicyclic) bond motifs is 1. The van der Waals surface area contributed by atoms with Crippen LogP contribution < -0.4 is 10.5 Å². The quantitative estimate of drug-likeness (QED) is 0.902.